The van der Waals surface area contributed by atoms with E-state index >= 15 is 0 Å². The zero-order valence-corrected chi connectivity index (χ0v) is 46.9. The molecule has 0 aliphatic heterocycles. The summed E-state index contributed by atoms with van der Waals surface area (Å²) >= 11 is 0. The second-order valence-corrected chi connectivity index (χ2v) is 23.3. The summed E-state index contributed by atoms with van der Waals surface area (Å²) in [7, 11) is 0. The molecule has 0 unspecified atom stereocenters. The van der Waals surface area contributed by atoms with Crippen molar-refractivity contribution < 1.29 is 26.2 Å². The van der Waals surface area contributed by atoms with Gasteiger partial charge in [0.15, 0.2) is 0 Å². The minimum absolute atomic E-state index is 0. The van der Waals surface area contributed by atoms with E-state index in [4.69, 9.17) is 9.97 Å². The molecule has 5 heteroatoms. The first-order valence-corrected chi connectivity index (χ1v) is 25.6. The average Bonchev–Trinajstić information content (AvgIpc) is 3.78. The predicted molar refractivity (Wildman–Crippen MR) is 307 cm³/mol. The number of fused-ring (bicyclic) bond motifs is 1. The molecule has 374 valence electrons. The smallest absolute Gasteiger partial charge is 0.148 e. The van der Waals surface area contributed by atoms with Crippen LogP contribution in [-0.2, 0) is 42.7 Å². The number of phenolic OH excluding ortho intramolecular Hbond substituents is 1. The van der Waals surface area contributed by atoms with Crippen LogP contribution in [0.25, 0.3) is 83.9 Å². The van der Waals surface area contributed by atoms with Crippen molar-refractivity contribution in [3.8, 4) is 78.6 Å². The van der Waals surface area contributed by atoms with Crippen LogP contribution in [0.5, 0.6) is 5.75 Å². The minimum atomic E-state index is -0.344. The van der Waals surface area contributed by atoms with Gasteiger partial charge in [-0.05, 0) is 91.1 Å². The first-order valence-electron chi connectivity index (χ1n) is 25.6. The standard InChI is InChI=1S/C69H66N3O.Pt/c1-66(2,3)54-34-35-61(57(42-54)47-24-17-13-18-25-47)72-62-29-21-28-56(63(62)71-65(72)58-43-55(67(4,5)6)44-59(64(58)73)68(7,8)9)50-38-49(45-22-15-12-16-23-45)39-51(40-50)60-41-48(36-37-70-60)46-30-32-53(33-31-46)69(10,11)52-26-19-14-20-27-52;/h12-39,41-44,73H,1-11H3;/q-1;. The Bertz CT molecular complexity index is 3630. The molecule has 2 aromatic heterocycles. The molecule has 1 N–H and O–H groups in total. The van der Waals surface area contributed by atoms with E-state index in [1.807, 2.05) is 6.20 Å². The van der Waals surface area contributed by atoms with E-state index in [2.05, 4.69) is 275 Å². The molecule has 0 radical (unpaired) electrons. The number of hydrogen-bond donors (Lipinski definition) is 1. The van der Waals surface area contributed by atoms with Gasteiger partial charge in [-0.1, -0.05) is 238 Å². The first kappa shape index (κ1) is 51.8. The van der Waals surface area contributed by atoms with Gasteiger partial charge in [0.25, 0.3) is 0 Å². The normalized spacial score (nSPS) is 12.2. The molecule has 4 nitrogen and oxygen atoms in total. The van der Waals surface area contributed by atoms with Crippen LogP contribution in [0, 0.1) is 6.07 Å². The van der Waals surface area contributed by atoms with Crippen LogP contribution in [0.3, 0.4) is 0 Å². The van der Waals surface area contributed by atoms with Crippen molar-refractivity contribution in [3.63, 3.8) is 0 Å². The van der Waals surface area contributed by atoms with E-state index in [1.165, 1.54) is 16.7 Å². The molecule has 0 saturated carbocycles. The number of nitrogens with zero attached hydrogens (tertiary/aromatic N) is 3. The van der Waals surface area contributed by atoms with Crippen molar-refractivity contribution in [1.82, 2.24) is 14.5 Å². The molecule has 0 saturated heterocycles. The third-order valence-corrected chi connectivity index (χ3v) is 14.6. The van der Waals surface area contributed by atoms with Crippen LogP contribution in [0.2, 0.25) is 0 Å². The largest absolute Gasteiger partial charge is 0.507 e. The molecular formula is C69H66N3OPt-. The van der Waals surface area contributed by atoms with Gasteiger partial charge < -0.3 is 5.11 Å². The third-order valence-electron chi connectivity index (χ3n) is 14.6. The van der Waals surface area contributed by atoms with Crippen LogP contribution in [-0.4, -0.2) is 19.6 Å². The fourth-order valence-electron chi connectivity index (χ4n) is 10.1. The van der Waals surface area contributed by atoms with Gasteiger partial charge in [-0.3, -0.25) is 9.55 Å². The number of aromatic nitrogens is 3. The van der Waals surface area contributed by atoms with Gasteiger partial charge in [0.2, 0.25) is 0 Å². The van der Waals surface area contributed by atoms with Crippen LogP contribution < -0.4 is 0 Å². The number of pyridine rings is 1. The maximum absolute atomic E-state index is 12.6. The number of aromatic hydroxyl groups is 1. The van der Waals surface area contributed by atoms with Crippen molar-refractivity contribution in [2.75, 3.05) is 0 Å². The Balaban J connectivity index is 0.00000672. The molecule has 0 aliphatic rings. The van der Waals surface area contributed by atoms with Gasteiger partial charge in [0.05, 0.1) is 22.3 Å². The van der Waals surface area contributed by atoms with E-state index in [-0.39, 0.29) is 48.5 Å². The van der Waals surface area contributed by atoms with Crippen molar-refractivity contribution in [1.29, 1.82) is 0 Å². The molecule has 2 heterocycles. The molecule has 0 amide bonds. The molecular weight excluding hydrogens is 1080 g/mol. The van der Waals surface area contributed by atoms with Crippen LogP contribution in [0.1, 0.15) is 104 Å². The van der Waals surface area contributed by atoms with E-state index in [1.54, 1.807) is 0 Å². The van der Waals surface area contributed by atoms with Crippen molar-refractivity contribution >= 4 is 11.0 Å². The Hall–Kier alpha value is -7.13. The monoisotopic (exact) mass is 1150 g/mol. The average molecular weight is 1150 g/mol. The molecule has 8 aromatic carbocycles. The molecule has 0 spiro atoms. The van der Waals surface area contributed by atoms with Crippen LogP contribution in [0.15, 0.2) is 194 Å². The fourth-order valence-corrected chi connectivity index (χ4v) is 10.1. The Morgan fingerprint density at radius 2 is 1.00 bits per heavy atom. The summed E-state index contributed by atoms with van der Waals surface area (Å²) < 4.78 is 2.28. The molecule has 10 rings (SSSR count). The minimum Gasteiger partial charge on any atom is -0.507 e. The Morgan fingerprint density at radius 1 is 0.432 bits per heavy atom. The molecule has 0 bridgehead atoms. The number of imidazole rings is 1. The fraction of sp³-hybridized carbons (Fsp3) is 0.217. The predicted octanol–water partition coefficient (Wildman–Crippen LogP) is 18.1. The maximum atomic E-state index is 12.6. The summed E-state index contributed by atoms with van der Waals surface area (Å²) in [6.45, 7) is 24.5. The van der Waals surface area contributed by atoms with Crippen molar-refractivity contribution in [2.24, 2.45) is 0 Å². The van der Waals surface area contributed by atoms with Gasteiger partial charge in [-0.2, -0.15) is 0 Å². The summed E-state index contributed by atoms with van der Waals surface area (Å²) in [5, 5.41) is 12.6. The third kappa shape index (κ3) is 10.1. The Morgan fingerprint density at radius 3 is 1.64 bits per heavy atom. The number of phenols is 1. The van der Waals surface area contributed by atoms with Gasteiger partial charge >= 0.3 is 0 Å². The summed E-state index contributed by atoms with van der Waals surface area (Å²) in [6, 6.07) is 71.0. The number of hydrogen-bond acceptors (Lipinski definition) is 3. The zero-order valence-electron chi connectivity index (χ0n) is 44.6. The van der Waals surface area contributed by atoms with Crippen LogP contribution in [0.4, 0.5) is 0 Å². The Labute approximate surface area is 453 Å². The molecule has 0 atom stereocenters. The van der Waals surface area contributed by atoms with Crippen molar-refractivity contribution in [3.05, 3.63) is 228 Å². The van der Waals surface area contributed by atoms with Crippen LogP contribution >= 0.6 is 0 Å². The summed E-state index contributed by atoms with van der Waals surface area (Å²) in [5.74, 6) is 0.913. The maximum Gasteiger partial charge on any atom is 0.148 e. The number of benzene rings is 8. The van der Waals surface area contributed by atoms with E-state index in [0.717, 1.165) is 83.6 Å². The Kier molecular flexibility index (Phi) is 14.0. The van der Waals surface area contributed by atoms with Gasteiger partial charge in [0, 0.05) is 49.5 Å². The number of para-hydroxylation sites is 1. The summed E-state index contributed by atoms with van der Waals surface area (Å²) in [4.78, 5) is 10.7. The SMILES string of the molecule is CC(C)(C)c1ccc(-n2c(-c3cc(C(C)(C)C)cc(C(C)(C)C)c3O)nc3c(-c4[c-]c(-c5cc(-c6ccc(C(C)(C)c7ccccc7)cc6)ccn5)cc(-c5ccccc5)c4)cccc32)c(-c2ccccc2)c1.[Pt]. The molecule has 0 fully saturated rings. The van der Waals surface area contributed by atoms with Crippen molar-refractivity contribution in [2.45, 2.75) is 97.8 Å². The first-order chi connectivity index (χ1) is 34.8. The van der Waals surface area contributed by atoms with E-state index < -0.39 is 0 Å². The van der Waals surface area contributed by atoms with E-state index in [0.29, 0.717) is 11.4 Å². The second-order valence-electron chi connectivity index (χ2n) is 23.3. The number of rotatable bonds is 9. The second kappa shape index (κ2) is 20.0. The topological polar surface area (TPSA) is 50.9 Å². The summed E-state index contributed by atoms with van der Waals surface area (Å²) in [5.41, 5.74) is 18.5. The summed E-state index contributed by atoms with van der Waals surface area (Å²) in [6.07, 6.45) is 1.91. The van der Waals surface area contributed by atoms with Gasteiger partial charge in [-0.25, -0.2) is 4.98 Å². The van der Waals surface area contributed by atoms with E-state index in [9.17, 15) is 5.11 Å². The van der Waals surface area contributed by atoms with Gasteiger partial charge in [-0.15, -0.1) is 23.8 Å². The quantitative estimate of drug-likeness (QED) is 0.147. The molecule has 74 heavy (non-hydrogen) atoms. The molecule has 0 aliphatic carbocycles. The van der Waals surface area contributed by atoms with Gasteiger partial charge in [0.1, 0.15) is 11.6 Å². The zero-order chi connectivity index (χ0) is 51.5. The molecule has 10 aromatic rings.